The highest BCUT2D eigenvalue weighted by Gasteiger charge is 2.82. The SMILES string of the molecule is [C-]#[N+]C1(c2ccc3cnn(-c4cc(N5CC6(C(C)(C)O)CC5C6)nc(NC)n4)c3c2)CC12CC2. The molecule has 2 N–H and O–H groups in total. The van der Waals surface area contributed by atoms with Crippen molar-refractivity contribution in [1.29, 1.82) is 0 Å². The lowest BCUT2D eigenvalue weighted by Gasteiger charge is -2.45. The van der Waals surface area contributed by atoms with E-state index >= 15 is 0 Å². The fraction of sp³-hybridized carbons (Fsp3) is 0.538. The number of fused-ring (bicyclic) bond motifs is 2. The summed E-state index contributed by atoms with van der Waals surface area (Å²) in [6, 6.07) is 8.73. The van der Waals surface area contributed by atoms with Crippen LogP contribution in [0.5, 0.6) is 0 Å². The molecule has 8 nitrogen and oxygen atoms in total. The van der Waals surface area contributed by atoms with Crippen LogP contribution in [0.15, 0.2) is 30.5 Å². The molecule has 3 aliphatic carbocycles. The maximum atomic E-state index is 10.8. The van der Waals surface area contributed by atoms with Crippen molar-refractivity contribution in [2.75, 3.05) is 23.8 Å². The molecule has 5 aliphatic rings. The summed E-state index contributed by atoms with van der Waals surface area (Å²) in [6.07, 6.45) is 7.13. The number of nitrogens with zero attached hydrogens (tertiary/aromatic N) is 6. The molecule has 8 rings (SSSR count). The van der Waals surface area contributed by atoms with Gasteiger partial charge in [-0.2, -0.15) is 15.1 Å². The summed E-state index contributed by atoms with van der Waals surface area (Å²) in [5.74, 6) is 2.11. The van der Waals surface area contributed by atoms with Crippen molar-refractivity contribution in [2.45, 2.75) is 63.1 Å². The van der Waals surface area contributed by atoms with E-state index < -0.39 is 5.60 Å². The Hall–Kier alpha value is -3.18. The highest BCUT2D eigenvalue weighted by atomic mass is 16.3. The van der Waals surface area contributed by atoms with Crippen LogP contribution in [0.3, 0.4) is 0 Å². The molecule has 1 aromatic carbocycles. The Bertz CT molecular complexity index is 1390. The molecule has 5 fully saturated rings. The molecule has 1 atom stereocenters. The third-order valence-electron chi connectivity index (χ3n) is 9.34. The number of hydrogen-bond acceptors (Lipinski definition) is 6. The molecular formula is C26H29N7O. The maximum Gasteiger partial charge on any atom is 0.264 e. The quantitative estimate of drug-likeness (QED) is 0.568. The van der Waals surface area contributed by atoms with Gasteiger partial charge in [0.1, 0.15) is 5.82 Å². The molecule has 2 aliphatic heterocycles. The minimum absolute atomic E-state index is 0.0764. The van der Waals surface area contributed by atoms with Gasteiger partial charge in [-0.3, -0.25) is 0 Å². The highest BCUT2D eigenvalue weighted by molar-refractivity contribution is 5.81. The number of rotatable bonds is 5. The minimum atomic E-state index is -0.713. The smallest absolute Gasteiger partial charge is 0.264 e. The lowest BCUT2D eigenvalue weighted by atomic mass is 9.61. The van der Waals surface area contributed by atoms with Gasteiger partial charge in [0, 0.05) is 48.5 Å². The molecule has 2 aromatic heterocycles. The van der Waals surface area contributed by atoms with Crippen LogP contribution >= 0.6 is 0 Å². The number of anilines is 2. The Kier molecular flexibility index (Phi) is 3.62. The average molecular weight is 456 g/mol. The Morgan fingerprint density at radius 3 is 2.56 bits per heavy atom. The van der Waals surface area contributed by atoms with Crippen LogP contribution in [0, 0.1) is 17.4 Å². The van der Waals surface area contributed by atoms with Crippen molar-refractivity contribution < 1.29 is 5.11 Å². The molecule has 2 bridgehead atoms. The summed E-state index contributed by atoms with van der Waals surface area (Å²) in [4.78, 5) is 15.9. The topological polar surface area (TPSA) is 83.5 Å². The maximum absolute atomic E-state index is 10.8. The lowest BCUT2D eigenvalue weighted by molar-refractivity contribution is -0.0754. The number of aliphatic hydroxyl groups is 1. The van der Waals surface area contributed by atoms with E-state index in [-0.39, 0.29) is 16.4 Å². The molecule has 4 heterocycles. The largest absolute Gasteiger partial charge is 0.390 e. The van der Waals surface area contributed by atoms with Crippen molar-refractivity contribution in [2.24, 2.45) is 10.8 Å². The third-order valence-corrected chi connectivity index (χ3v) is 9.34. The molecule has 174 valence electrons. The van der Waals surface area contributed by atoms with E-state index in [2.05, 4.69) is 38.4 Å². The minimum Gasteiger partial charge on any atom is -0.390 e. The molecule has 34 heavy (non-hydrogen) atoms. The summed E-state index contributed by atoms with van der Waals surface area (Å²) in [5.41, 5.74) is 1.15. The molecular weight excluding hydrogens is 426 g/mol. The molecule has 0 amide bonds. The predicted molar refractivity (Wildman–Crippen MR) is 130 cm³/mol. The van der Waals surface area contributed by atoms with Gasteiger partial charge in [0.25, 0.3) is 5.54 Å². The first-order valence-corrected chi connectivity index (χ1v) is 12.2. The van der Waals surface area contributed by atoms with Crippen molar-refractivity contribution in [3.8, 4) is 5.82 Å². The Labute approximate surface area is 198 Å². The molecule has 1 spiro atoms. The van der Waals surface area contributed by atoms with E-state index in [0.717, 1.165) is 60.9 Å². The van der Waals surface area contributed by atoms with E-state index in [1.165, 1.54) is 0 Å². The second-order valence-corrected chi connectivity index (χ2v) is 11.4. The monoisotopic (exact) mass is 455 g/mol. The summed E-state index contributed by atoms with van der Waals surface area (Å²) in [6.45, 7) is 12.5. The molecule has 3 saturated carbocycles. The van der Waals surface area contributed by atoms with Gasteiger partial charge in [-0.25, -0.2) is 11.3 Å². The van der Waals surface area contributed by atoms with E-state index in [1.54, 1.807) is 0 Å². The van der Waals surface area contributed by atoms with Crippen LogP contribution < -0.4 is 10.2 Å². The van der Waals surface area contributed by atoms with Crippen molar-refractivity contribution in [1.82, 2.24) is 19.7 Å². The van der Waals surface area contributed by atoms with Crippen LogP contribution in [0.25, 0.3) is 21.6 Å². The lowest BCUT2D eigenvalue weighted by Crippen LogP contribution is -2.50. The third kappa shape index (κ3) is 2.43. The van der Waals surface area contributed by atoms with E-state index in [9.17, 15) is 5.11 Å². The highest BCUT2D eigenvalue weighted by Crippen LogP contribution is 2.79. The fourth-order valence-corrected chi connectivity index (χ4v) is 6.67. The van der Waals surface area contributed by atoms with E-state index in [1.807, 2.05) is 37.8 Å². The first-order valence-electron chi connectivity index (χ1n) is 12.2. The van der Waals surface area contributed by atoms with Gasteiger partial charge in [-0.1, -0.05) is 12.1 Å². The Morgan fingerprint density at radius 2 is 1.94 bits per heavy atom. The second kappa shape index (κ2) is 6.08. The zero-order chi connectivity index (χ0) is 23.5. The van der Waals surface area contributed by atoms with Crippen molar-refractivity contribution >= 4 is 22.7 Å². The summed E-state index contributed by atoms with van der Waals surface area (Å²) in [7, 11) is 1.83. The van der Waals surface area contributed by atoms with Crippen molar-refractivity contribution in [3.63, 3.8) is 0 Å². The molecule has 1 unspecified atom stereocenters. The van der Waals surface area contributed by atoms with Gasteiger partial charge in [0.05, 0.1) is 22.7 Å². The molecule has 0 radical (unpaired) electrons. The fourth-order valence-electron chi connectivity index (χ4n) is 6.67. The van der Waals surface area contributed by atoms with Crippen LogP contribution in [0.4, 0.5) is 11.8 Å². The summed E-state index contributed by atoms with van der Waals surface area (Å²) < 4.78 is 1.87. The van der Waals surface area contributed by atoms with Gasteiger partial charge in [-0.05, 0) is 45.6 Å². The Balaban J connectivity index is 1.30. The zero-order valence-corrected chi connectivity index (χ0v) is 19.8. The number of hydrogen-bond donors (Lipinski definition) is 2. The van der Waals surface area contributed by atoms with Crippen LogP contribution in [-0.4, -0.2) is 50.1 Å². The number of nitrogens with one attached hydrogen (secondary N) is 1. The summed E-state index contributed by atoms with van der Waals surface area (Å²) >= 11 is 0. The molecule has 2 saturated heterocycles. The standard InChI is InChI=1S/C26H29N7O/c1-23(2,34)25-11-18(12-25)32(15-25)20-10-21(31-22(27-3)30-20)33-19-9-17(6-5-16(19)13-29-33)26(28-4)14-24(26)7-8-24/h5-6,9-10,13,18,34H,7-8,11-12,14-15H2,1-3H3,(H,27,30,31). The van der Waals surface area contributed by atoms with E-state index in [0.29, 0.717) is 17.8 Å². The zero-order valence-electron chi connectivity index (χ0n) is 19.8. The first-order chi connectivity index (χ1) is 16.2. The van der Waals surface area contributed by atoms with Crippen LogP contribution in [0.1, 0.15) is 51.5 Å². The van der Waals surface area contributed by atoms with Gasteiger partial charge >= 0.3 is 0 Å². The number of benzene rings is 1. The normalized spacial score (nSPS) is 30.3. The summed E-state index contributed by atoms with van der Waals surface area (Å²) in [5, 5.41) is 19.6. The van der Waals surface area contributed by atoms with Crippen molar-refractivity contribution in [3.05, 3.63) is 47.4 Å². The number of aromatic nitrogens is 4. The van der Waals surface area contributed by atoms with E-state index in [4.69, 9.17) is 16.5 Å². The first kappa shape index (κ1) is 20.2. The van der Waals surface area contributed by atoms with Gasteiger partial charge in [0.2, 0.25) is 5.95 Å². The van der Waals surface area contributed by atoms with Crippen LogP contribution in [0.2, 0.25) is 0 Å². The van der Waals surface area contributed by atoms with Gasteiger partial charge in [-0.15, -0.1) is 0 Å². The van der Waals surface area contributed by atoms with Gasteiger partial charge in [0.15, 0.2) is 5.82 Å². The Morgan fingerprint density at radius 1 is 1.18 bits per heavy atom. The average Bonchev–Trinajstić information content (AvgIpc) is 3.49. The predicted octanol–water partition coefficient (Wildman–Crippen LogP) is 3.90. The molecule has 8 heteroatoms. The second-order valence-electron chi connectivity index (χ2n) is 11.4. The molecule has 3 aromatic rings. The van der Waals surface area contributed by atoms with Crippen LogP contribution in [-0.2, 0) is 5.54 Å². The van der Waals surface area contributed by atoms with Gasteiger partial charge < -0.3 is 20.2 Å².